The third-order valence-corrected chi connectivity index (χ3v) is 11.3. The largest absolute Gasteiger partial charge is 0.438 e. The number of hydrogen-bond acceptors (Lipinski definition) is 6. The Morgan fingerprint density at radius 3 is 2.69 bits per heavy atom. The van der Waals surface area contributed by atoms with Gasteiger partial charge >= 0.3 is 6.09 Å². The third-order valence-electron chi connectivity index (χ3n) is 11.3. The van der Waals surface area contributed by atoms with E-state index in [1.807, 2.05) is 51.1 Å². The number of aliphatic hydroxyl groups is 2. The van der Waals surface area contributed by atoms with Crippen molar-refractivity contribution < 1.29 is 29.2 Å². The van der Waals surface area contributed by atoms with Crippen LogP contribution in [0.1, 0.15) is 53.5 Å². The van der Waals surface area contributed by atoms with Crippen LogP contribution in [0.4, 0.5) is 10.5 Å². The molecule has 1 aromatic carbocycles. The predicted octanol–water partition coefficient (Wildman–Crippen LogP) is 4.61. The number of aliphatic hydroxyl groups excluding tert-OH is 1. The van der Waals surface area contributed by atoms with Crippen molar-refractivity contribution in [2.45, 2.75) is 84.1 Å². The van der Waals surface area contributed by atoms with Gasteiger partial charge in [-0.1, -0.05) is 51.1 Å². The molecular formula is C32H41NO6. The van der Waals surface area contributed by atoms with E-state index in [2.05, 4.69) is 26.8 Å². The smallest absolute Gasteiger partial charge is 0.415 e. The summed E-state index contributed by atoms with van der Waals surface area (Å²) in [7, 11) is 0. The molecule has 1 saturated heterocycles. The third kappa shape index (κ3) is 3.22. The number of carbonyl (C=O) groups is 1. The minimum atomic E-state index is -1.70. The first-order chi connectivity index (χ1) is 18.3. The number of hydrogen-bond donors (Lipinski definition) is 2. The fraction of sp³-hybridized carbons (Fsp3) is 0.656. The number of fused-ring (bicyclic) bond motifs is 6. The number of para-hydroxylation sites is 1. The van der Waals surface area contributed by atoms with Crippen molar-refractivity contribution >= 4 is 11.8 Å². The normalized spacial score (nSPS) is 44.5. The van der Waals surface area contributed by atoms with Crippen LogP contribution in [0.3, 0.4) is 0 Å². The highest BCUT2D eigenvalue weighted by Gasteiger charge is 2.77. The van der Waals surface area contributed by atoms with E-state index < -0.39 is 41.2 Å². The van der Waals surface area contributed by atoms with Crippen molar-refractivity contribution in [3.05, 3.63) is 53.1 Å². The van der Waals surface area contributed by atoms with Gasteiger partial charge in [0.2, 0.25) is 0 Å². The highest BCUT2D eigenvalue weighted by Crippen LogP contribution is 2.73. The molecule has 2 aliphatic heterocycles. The first kappa shape index (κ1) is 25.8. The van der Waals surface area contributed by atoms with Crippen molar-refractivity contribution in [2.75, 3.05) is 18.1 Å². The van der Waals surface area contributed by atoms with Crippen molar-refractivity contribution in [3.8, 4) is 0 Å². The summed E-state index contributed by atoms with van der Waals surface area (Å²) in [5.74, 6) is -0.412. The molecule has 7 rings (SSSR count). The molecule has 2 bridgehead atoms. The lowest BCUT2D eigenvalue weighted by Gasteiger charge is -2.55. The van der Waals surface area contributed by atoms with Crippen LogP contribution < -0.4 is 4.90 Å². The molecule has 2 saturated carbocycles. The fourth-order valence-electron chi connectivity index (χ4n) is 9.30. The number of rotatable bonds is 1. The maximum atomic E-state index is 13.8. The predicted molar refractivity (Wildman–Crippen MR) is 146 cm³/mol. The minimum absolute atomic E-state index is 0.0646. The molecule has 2 N–H and O–H groups in total. The second-order valence-corrected chi connectivity index (χ2v) is 14.0. The molecule has 1 unspecified atom stereocenters. The zero-order chi connectivity index (χ0) is 27.7. The van der Waals surface area contributed by atoms with Gasteiger partial charge in [0.15, 0.2) is 11.9 Å². The molecular weight excluding hydrogens is 494 g/mol. The summed E-state index contributed by atoms with van der Waals surface area (Å²) in [6.45, 7) is 13.2. The van der Waals surface area contributed by atoms with E-state index in [1.165, 1.54) is 0 Å². The number of benzene rings is 1. The Morgan fingerprint density at radius 1 is 1.18 bits per heavy atom. The summed E-state index contributed by atoms with van der Waals surface area (Å²) in [4.78, 5) is 15.4. The molecule has 2 heterocycles. The van der Waals surface area contributed by atoms with Gasteiger partial charge in [-0.05, 0) is 79.6 Å². The molecule has 1 spiro atoms. The van der Waals surface area contributed by atoms with Crippen LogP contribution in [-0.4, -0.2) is 59.2 Å². The lowest BCUT2D eigenvalue weighted by atomic mass is 9.58. The molecule has 6 aliphatic rings. The van der Waals surface area contributed by atoms with E-state index in [9.17, 15) is 15.0 Å². The van der Waals surface area contributed by atoms with Crippen LogP contribution in [-0.2, 0) is 20.6 Å². The van der Waals surface area contributed by atoms with Gasteiger partial charge in [0.1, 0.15) is 11.7 Å². The standard InChI is InChI=1S/C32H41NO6/c1-17-15-31-18(2)13-22-24(29(22,3)4)21(25(31)34)14-20-16-37-30(5,6)39-27(20)32(31,36)26(17)38-28(35)33-12-11-19-9-7-8-10-23(19)33/h7-10,14-15,18,21-22,24-27,34,36H,11-13,16H2,1-6H3/t18-,21+,22-,24+,25?,26+,27-,31+,32-/m1/s1. The van der Waals surface area contributed by atoms with E-state index in [0.29, 0.717) is 25.0 Å². The Hall–Kier alpha value is -2.19. The van der Waals surface area contributed by atoms with E-state index in [1.54, 1.807) is 4.90 Å². The van der Waals surface area contributed by atoms with Crippen LogP contribution in [0, 0.1) is 34.5 Å². The molecule has 4 aliphatic carbocycles. The molecule has 7 heteroatoms. The number of amides is 1. The average Bonchev–Trinajstić information content (AvgIpc) is 3.16. The topological polar surface area (TPSA) is 88.5 Å². The number of anilines is 1. The molecule has 0 aromatic heterocycles. The zero-order valence-electron chi connectivity index (χ0n) is 23.8. The van der Waals surface area contributed by atoms with E-state index in [-0.39, 0.29) is 17.3 Å². The van der Waals surface area contributed by atoms with Crippen molar-refractivity contribution in [2.24, 2.45) is 34.5 Å². The number of ether oxygens (including phenoxy) is 3. The summed E-state index contributed by atoms with van der Waals surface area (Å²) >= 11 is 0. The zero-order valence-corrected chi connectivity index (χ0v) is 23.8. The Balaban J connectivity index is 1.35. The minimum Gasteiger partial charge on any atom is -0.438 e. The summed E-state index contributed by atoms with van der Waals surface area (Å²) in [6, 6.07) is 7.86. The van der Waals surface area contributed by atoms with E-state index >= 15 is 0 Å². The number of nitrogens with zero attached hydrogens (tertiary/aromatic N) is 1. The van der Waals surface area contributed by atoms with Crippen LogP contribution in [0.2, 0.25) is 0 Å². The molecule has 7 nitrogen and oxygen atoms in total. The van der Waals surface area contributed by atoms with Gasteiger partial charge < -0.3 is 24.4 Å². The summed E-state index contributed by atoms with van der Waals surface area (Å²) in [5.41, 5.74) is 0.899. The number of carbonyl (C=O) groups excluding carboxylic acids is 1. The van der Waals surface area contributed by atoms with Gasteiger partial charge in [-0.15, -0.1) is 0 Å². The second-order valence-electron chi connectivity index (χ2n) is 14.0. The molecule has 210 valence electrons. The van der Waals surface area contributed by atoms with Crippen LogP contribution in [0.5, 0.6) is 0 Å². The second kappa shape index (κ2) is 7.96. The van der Waals surface area contributed by atoms with Gasteiger partial charge in [-0.25, -0.2) is 4.79 Å². The van der Waals surface area contributed by atoms with E-state index in [4.69, 9.17) is 14.2 Å². The molecule has 1 amide bonds. The van der Waals surface area contributed by atoms with Crippen LogP contribution in [0.15, 0.2) is 47.6 Å². The molecule has 1 aromatic rings. The van der Waals surface area contributed by atoms with Gasteiger partial charge in [0.05, 0.1) is 23.8 Å². The first-order valence-electron chi connectivity index (χ1n) is 14.5. The van der Waals surface area contributed by atoms with Gasteiger partial charge in [0.25, 0.3) is 0 Å². The van der Waals surface area contributed by atoms with Crippen molar-refractivity contribution in [1.82, 2.24) is 0 Å². The molecule has 9 atom stereocenters. The first-order valence-corrected chi connectivity index (χ1v) is 14.5. The van der Waals surface area contributed by atoms with Crippen molar-refractivity contribution in [3.63, 3.8) is 0 Å². The fourth-order valence-corrected chi connectivity index (χ4v) is 9.30. The Labute approximate surface area is 230 Å². The summed E-state index contributed by atoms with van der Waals surface area (Å²) < 4.78 is 19.0. The summed E-state index contributed by atoms with van der Waals surface area (Å²) in [5, 5.41) is 25.6. The Morgan fingerprint density at radius 2 is 1.92 bits per heavy atom. The Bertz CT molecular complexity index is 1300. The van der Waals surface area contributed by atoms with Gasteiger partial charge in [0, 0.05) is 12.5 Å². The average molecular weight is 536 g/mol. The maximum absolute atomic E-state index is 13.8. The van der Waals surface area contributed by atoms with E-state index in [0.717, 1.165) is 35.2 Å². The highest BCUT2D eigenvalue weighted by atomic mass is 16.7. The lowest BCUT2D eigenvalue weighted by Crippen LogP contribution is -2.69. The van der Waals surface area contributed by atoms with Crippen LogP contribution in [0.25, 0.3) is 0 Å². The summed E-state index contributed by atoms with van der Waals surface area (Å²) in [6.07, 6.45) is 2.70. The molecule has 39 heavy (non-hydrogen) atoms. The van der Waals surface area contributed by atoms with Crippen molar-refractivity contribution in [1.29, 1.82) is 0 Å². The monoisotopic (exact) mass is 535 g/mol. The van der Waals surface area contributed by atoms with Gasteiger partial charge in [-0.3, -0.25) is 4.90 Å². The van der Waals surface area contributed by atoms with Gasteiger partial charge in [-0.2, -0.15) is 0 Å². The van der Waals surface area contributed by atoms with Crippen LogP contribution >= 0.6 is 0 Å². The SMILES string of the molecule is CC1=C[C@]23C(O)[C@@H](C=C4COC(C)(C)O[C@H]4[C@]2(O)[C@H]1OC(=O)N1CCc2ccccc21)[C@H]1[C@@H](C[C@H]3C)C1(C)C. The highest BCUT2D eigenvalue weighted by molar-refractivity contribution is 5.90. The molecule has 0 radical (unpaired) electrons. The quantitative estimate of drug-likeness (QED) is 0.511. The maximum Gasteiger partial charge on any atom is 0.415 e. The molecule has 3 fully saturated rings. The lowest BCUT2D eigenvalue weighted by molar-refractivity contribution is -0.311. The Kier molecular flexibility index (Phi) is 5.26.